The van der Waals surface area contributed by atoms with Crippen molar-refractivity contribution in [3.8, 4) is 6.07 Å². The second-order valence-electron chi connectivity index (χ2n) is 6.73. The summed E-state index contributed by atoms with van der Waals surface area (Å²) in [6, 6.07) is 2.02. The predicted molar refractivity (Wildman–Crippen MR) is 114 cm³/mol. The third-order valence-corrected chi connectivity index (χ3v) is 6.42. The van der Waals surface area contributed by atoms with Crippen molar-refractivity contribution < 1.29 is 9.53 Å². The number of methoxy groups -OCH3 is 1. The maximum Gasteiger partial charge on any atom is 0.270 e. The number of hydrogen-bond donors (Lipinski definition) is 0. The van der Waals surface area contributed by atoms with Crippen LogP contribution in [0, 0.1) is 18.3 Å². The zero-order valence-electron chi connectivity index (χ0n) is 16.2. The Balaban J connectivity index is 2.13. The highest BCUT2D eigenvalue weighted by Crippen LogP contribution is 2.36. The molecule has 0 N–H and O–H groups in total. The van der Waals surface area contributed by atoms with Crippen LogP contribution in [-0.2, 0) is 16.6 Å². The van der Waals surface area contributed by atoms with Gasteiger partial charge in [-0.05, 0) is 31.4 Å². The fourth-order valence-corrected chi connectivity index (χ4v) is 4.82. The number of thioether (sulfide) groups is 1. The van der Waals surface area contributed by atoms with Gasteiger partial charge >= 0.3 is 0 Å². The number of amides is 1. The summed E-state index contributed by atoms with van der Waals surface area (Å²) < 4.78 is 7.06. The molecule has 0 aromatic carbocycles. The van der Waals surface area contributed by atoms with E-state index in [9.17, 15) is 14.9 Å². The Hall–Kier alpha value is -2.15. The molecule has 0 unspecified atom stereocenters. The van der Waals surface area contributed by atoms with Gasteiger partial charge in [-0.25, -0.2) is 0 Å². The van der Waals surface area contributed by atoms with E-state index < -0.39 is 0 Å². The molecule has 1 amide bonds. The quantitative estimate of drug-likeness (QED) is 0.535. The van der Waals surface area contributed by atoms with Crippen molar-refractivity contribution in [1.82, 2.24) is 9.47 Å². The number of anilines is 1. The van der Waals surface area contributed by atoms with Crippen molar-refractivity contribution in [2.45, 2.75) is 19.8 Å². The number of carbonyl (C=O) groups excluding carboxylic acids is 1. The van der Waals surface area contributed by atoms with Crippen LogP contribution in [0.5, 0.6) is 0 Å². The van der Waals surface area contributed by atoms with Crippen LogP contribution in [0.3, 0.4) is 0 Å². The molecule has 0 bridgehead atoms. The number of nitriles is 1. The molecule has 0 spiro atoms. The summed E-state index contributed by atoms with van der Waals surface area (Å²) in [5, 5.41) is 9.49. The standard InChI is InChI=1S/C19H22N4O3S2/c1-12-13(10-15-18(25)23(8-9-26-3)19(27)28-15)16(22-6-4-5-7-22)21(2)17(24)14(12)11-20/h10H,4-9H2,1-3H3. The predicted octanol–water partition coefficient (Wildman–Crippen LogP) is 2.01. The largest absolute Gasteiger partial charge is 0.383 e. The highest BCUT2D eigenvalue weighted by atomic mass is 32.2. The summed E-state index contributed by atoms with van der Waals surface area (Å²) in [7, 11) is 3.25. The minimum atomic E-state index is -0.313. The molecule has 0 atom stereocenters. The number of pyridine rings is 1. The van der Waals surface area contributed by atoms with Crippen LogP contribution in [0.4, 0.5) is 5.82 Å². The van der Waals surface area contributed by atoms with Gasteiger partial charge in [0, 0.05) is 32.8 Å². The Morgan fingerprint density at radius 2 is 2.00 bits per heavy atom. The monoisotopic (exact) mass is 418 g/mol. The normalized spacial score (nSPS) is 18.4. The van der Waals surface area contributed by atoms with Gasteiger partial charge in [0.2, 0.25) is 0 Å². The average Bonchev–Trinajstić information content (AvgIpc) is 3.28. The zero-order chi connectivity index (χ0) is 20.4. The lowest BCUT2D eigenvalue weighted by atomic mass is 10.0. The lowest BCUT2D eigenvalue weighted by Gasteiger charge is -2.25. The summed E-state index contributed by atoms with van der Waals surface area (Å²) in [5.41, 5.74) is 1.11. The maximum absolute atomic E-state index is 12.8. The van der Waals surface area contributed by atoms with Gasteiger partial charge in [-0.2, -0.15) is 5.26 Å². The molecule has 1 aromatic heterocycles. The number of aromatic nitrogens is 1. The molecule has 3 rings (SSSR count). The van der Waals surface area contributed by atoms with Gasteiger partial charge in [-0.3, -0.25) is 19.1 Å². The molecule has 3 heterocycles. The summed E-state index contributed by atoms with van der Waals surface area (Å²) in [6.07, 6.45) is 3.87. The van der Waals surface area contributed by atoms with Crippen LogP contribution in [0.25, 0.3) is 6.08 Å². The van der Waals surface area contributed by atoms with Crippen LogP contribution in [-0.4, -0.2) is 53.0 Å². The first-order valence-corrected chi connectivity index (χ1v) is 10.3. The second-order valence-corrected chi connectivity index (χ2v) is 8.41. The van der Waals surface area contributed by atoms with Crippen LogP contribution in [0.1, 0.15) is 29.5 Å². The number of nitrogens with zero attached hydrogens (tertiary/aromatic N) is 4. The number of hydrogen-bond acceptors (Lipinski definition) is 7. The second kappa shape index (κ2) is 8.47. The zero-order valence-corrected chi connectivity index (χ0v) is 17.8. The molecule has 1 aromatic rings. The molecule has 2 aliphatic heterocycles. The Morgan fingerprint density at radius 3 is 2.61 bits per heavy atom. The van der Waals surface area contributed by atoms with E-state index in [4.69, 9.17) is 17.0 Å². The minimum Gasteiger partial charge on any atom is -0.383 e. The summed E-state index contributed by atoms with van der Waals surface area (Å²) >= 11 is 6.58. The van der Waals surface area contributed by atoms with Crippen molar-refractivity contribution in [2.24, 2.45) is 7.05 Å². The molecular weight excluding hydrogens is 396 g/mol. The van der Waals surface area contributed by atoms with E-state index in [1.165, 1.54) is 21.2 Å². The molecule has 148 valence electrons. The van der Waals surface area contributed by atoms with Gasteiger partial charge in [0.15, 0.2) is 0 Å². The third kappa shape index (κ3) is 3.60. The summed E-state index contributed by atoms with van der Waals surface area (Å²) in [6.45, 7) is 4.24. The van der Waals surface area contributed by atoms with E-state index in [1.807, 2.05) is 6.07 Å². The highest BCUT2D eigenvalue weighted by Gasteiger charge is 2.33. The molecule has 0 aliphatic carbocycles. The van der Waals surface area contributed by atoms with Crippen molar-refractivity contribution in [1.29, 1.82) is 5.26 Å². The van der Waals surface area contributed by atoms with Gasteiger partial charge in [0.1, 0.15) is 21.8 Å². The van der Waals surface area contributed by atoms with Crippen LogP contribution >= 0.6 is 24.0 Å². The Labute approximate surface area is 173 Å². The maximum atomic E-state index is 12.8. The topological polar surface area (TPSA) is 78.6 Å². The lowest BCUT2D eigenvalue weighted by molar-refractivity contribution is -0.122. The van der Waals surface area contributed by atoms with Crippen molar-refractivity contribution in [3.05, 3.63) is 31.9 Å². The Morgan fingerprint density at radius 1 is 1.32 bits per heavy atom. The van der Waals surface area contributed by atoms with Gasteiger partial charge in [-0.1, -0.05) is 24.0 Å². The smallest absolute Gasteiger partial charge is 0.270 e. The van der Waals surface area contributed by atoms with Crippen molar-refractivity contribution in [3.63, 3.8) is 0 Å². The molecule has 7 nitrogen and oxygen atoms in total. The molecule has 0 radical (unpaired) electrons. The minimum absolute atomic E-state index is 0.103. The first kappa shape index (κ1) is 20.6. The first-order valence-electron chi connectivity index (χ1n) is 9.03. The molecule has 2 saturated heterocycles. The number of rotatable bonds is 5. The van der Waals surface area contributed by atoms with Crippen LogP contribution in [0.2, 0.25) is 0 Å². The van der Waals surface area contributed by atoms with E-state index >= 15 is 0 Å². The molecule has 2 aliphatic rings. The fourth-order valence-electron chi connectivity index (χ4n) is 3.53. The van der Waals surface area contributed by atoms with Crippen LogP contribution < -0.4 is 10.5 Å². The van der Waals surface area contributed by atoms with Gasteiger partial charge in [-0.15, -0.1) is 0 Å². The number of thiocarbonyl (C=S) groups is 1. The average molecular weight is 419 g/mol. The van der Waals surface area contributed by atoms with Gasteiger partial charge in [0.05, 0.1) is 18.1 Å². The first-order chi connectivity index (χ1) is 13.4. The van der Waals surface area contributed by atoms with Gasteiger partial charge in [0.25, 0.3) is 11.5 Å². The molecule has 2 fully saturated rings. The summed E-state index contributed by atoms with van der Waals surface area (Å²) in [4.78, 5) is 29.6. The molecule has 9 heteroatoms. The van der Waals surface area contributed by atoms with Crippen molar-refractivity contribution >= 4 is 46.1 Å². The molecule has 0 saturated carbocycles. The van der Waals surface area contributed by atoms with E-state index in [1.54, 1.807) is 27.2 Å². The lowest BCUT2D eigenvalue weighted by Crippen LogP contribution is -2.32. The van der Waals surface area contributed by atoms with E-state index in [0.717, 1.165) is 37.3 Å². The third-order valence-electron chi connectivity index (χ3n) is 5.04. The molecular formula is C19H22N4O3S2. The number of ether oxygens (including phenoxy) is 1. The SMILES string of the molecule is COCCN1C(=O)C(=Cc2c(C)c(C#N)c(=O)n(C)c2N2CCCC2)SC1=S. The fraction of sp³-hybridized carbons (Fsp3) is 0.474. The summed E-state index contributed by atoms with van der Waals surface area (Å²) in [5.74, 6) is 0.576. The van der Waals surface area contributed by atoms with E-state index in [-0.39, 0.29) is 17.0 Å². The van der Waals surface area contributed by atoms with Gasteiger partial charge < -0.3 is 9.64 Å². The number of carbonyl (C=O) groups is 1. The highest BCUT2D eigenvalue weighted by molar-refractivity contribution is 8.26. The molecule has 28 heavy (non-hydrogen) atoms. The van der Waals surface area contributed by atoms with Crippen LogP contribution in [0.15, 0.2) is 9.70 Å². The Bertz CT molecular complexity index is 955. The van der Waals surface area contributed by atoms with Crippen molar-refractivity contribution in [2.75, 3.05) is 38.3 Å². The van der Waals surface area contributed by atoms with E-state index in [0.29, 0.717) is 27.9 Å². The Kier molecular flexibility index (Phi) is 6.23. The van der Waals surface area contributed by atoms with E-state index in [2.05, 4.69) is 4.90 Å².